The van der Waals surface area contributed by atoms with E-state index in [0.29, 0.717) is 6.04 Å². The summed E-state index contributed by atoms with van der Waals surface area (Å²) in [5.74, 6) is 0.795. The molecular weight excluding hydrogens is 294 g/mol. The molecule has 0 saturated carbocycles. The summed E-state index contributed by atoms with van der Waals surface area (Å²) in [6.07, 6.45) is 5.05. The fourth-order valence-corrected chi connectivity index (χ4v) is 3.91. The number of hydrogen-bond donors (Lipinski definition) is 1. The van der Waals surface area contributed by atoms with Gasteiger partial charge < -0.3 is 5.32 Å². The molecule has 1 aromatic heterocycles. The molecule has 0 radical (unpaired) electrons. The van der Waals surface area contributed by atoms with E-state index in [2.05, 4.69) is 53.5 Å². The molecule has 1 rings (SSSR count). The molecule has 2 unspecified atom stereocenters. The summed E-state index contributed by atoms with van der Waals surface area (Å²) in [6.45, 7) is 7.97. The first-order valence-electron chi connectivity index (χ1n) is 6.65. The van der Waals surface area contributed by atoms with Crippen molar-refractivity contribution in [3.63, 3.8) is 0 Å². The van der Waals surface area contributed by atoms with Gasteiger partial charge >= 0.3 is 0 Å². The largest absolute Gasteiger partial charge is 0.309 e. The Balaban J connectivity index is 2.63. The lowest BCUT2D eigenvalue weighted by Crippen LogP contribution is -2.23. The zero-order valence-electron chi connectivity index (χ0n) is 11.1. The first kappa shape index (κ1) is 15.2. The van der Waals surface area contributed by atoms with E-state index in [9.17, 15) is 0 Å². The normalized spacial score (nSPS) is 14.8. The van der Waals surface area contributed by atoms with Crippen LogP contribution in [0.15, 0.2) is 15.9 Å². The molecule has 1 nitrogen and oxygen atoms in total. The zero-order chi connectivity index (χ0) is 12.7. The Morgan fingerprint density at radius 3 is 2.65 bits per heavy atom. The summed E-state index contributed by atoms with van der Waals surface area (Å²) in [4.78, 5) is 1.46. The third kappa shape index (κ3) is 5.11. The number of nitrogens with one attached hydrogen (secondary N) is 1. The Bertz CT molecular complexity index is 311. The highest BCUT2D eigenvalue weighted by atomic mass is 79.9. The predicted octanol–water partition coefficient (Wildman–Crippen LogP) is 5.38. The summed E-state index contributed by atoms with van der Waals surface area (Å²) >= 11 is 5.52. The SMILES string of the molecule is CCCNC(CC(C)CCC)c1sccc1Br. The average molecular weight is 318 g/mol. The Hall–Kier alpha value is 0.140. The third-order valence-corrected chi connectivity index (χ3v) is 5.01. The summed E-state index contributed by atoms with van der Waals surface area (Å²) in [6, 6.07) is 2.68. The van der Waals surface area contributed by atoms with E-state index in [1.807, 2.05) is 11.3 Å². The molecule has 0 aromatic carbocycles. The van der Waals surface area contributed by atoms with Gasteiger partial charge in [-0.25, -0.2) is 0 Å². The number of thiophene rings is 1. The van der Waals surface area contributed by atoms with Gasteiger partial charge in [-0.3, -0.25) is 0 Å². The van der Waals surface area contributed by atoms with E-state index in [-0.39, 0.29) is 0 Å². The lowest BCUT2D eigenvalue weighted by Gasteiger charge is -2.21. The monoisotopic (exact) mass is 317 g/mol. The van der Waals surface area contributed by atoms with Crippen molar-refractivity contribution in [1.82, 2.24) is 5.32 Å². The van der Waals surface area contributed by atoms with Crippen LogP contribution in [0.25, 0.3) is 0 Å². The van der Waals surface area contributed by atoms with Crippen molar-refractivity contribution in [2.75, 3.05) is 6.54 Å². The highest BCUT2D eigenvalue weighted by molar-refractivity contribution is 9.10. The maximum absolute atomic E-state index is 3.68. The second-order valence-electron chi connectivity index (χ2n) is 4.77. The molecule has 0 saturated heterocycles. The highest BCUT2D eigenvalue weighted by Gasteiger charge is 2.17. The summed E-state index contributed by atoms with van der Waals surface area (Å²) < 4.78 is 1.26. The molecule has 0 aliphatic rings. The van der Waals surface area contributed by atoms with Crippen molar-refractivity contribution >= 4 is 27.3 Å². The van der Waals surface area contributed by atoms with Crippen LogP contribution in [-0.2, 0) is 0 Å². The molecule has 0 amide bonds. The van der Waals surface area contributed by atoms with Gasteiger partial charge in [0.25, 0.3) is 0 Å². The van der Waals surface area contributed by atoms with Crippen LogP contribution in [0.3, 0.4) is 0 Å². The fourth-order valence-electron chi connectivity index (χ4n) is 2.17. The first-order chi connectivity index (χ1) is 8.19. The van der Waals surface area contributed by atoms with Gasteiger partial charge in [0, 0.05) is 15.4 Å². The Morgan fingerprint density at radius 1 is 1.35 bits per heavy atom. The maximum Gasteiger partial charge on any atom is 0.0428 e. The van der Waals surface area contributed by atoms with E-state index in [4.69, 9.17) is 0 Å². The van der Waals surface area contributed by atoms with Gasteiger partial charge in [-0.2, -0.15) is 0 Å². The van der Waals surface area contributed by atoms with E-state index in [1.165, 1.54) is 35.0 Å². The molecule has 0 spiro atoms. The van der Waals surface area contributed by atoms with Gasteiger partial charge in [-0.05, 0) is 52.7 Å². The quantitative estimate of drug-likeness (QED) is 0.679. The summed E-state index contributed by atoms with van der Waals surface area (Å²) in [5.41, 5.74) is 0. The van der Waals surface area contributed by atoms with Crippen molar-refractivity contribution in [3.8, 4) is 0 Å². The minimum Gasteiger partial charge on any atom is -0.309 e. The summed E-state index contributed by atoms with van der Waals surface area (Å²) in [5, 5.41) is 5.85. The first-order valence-corrected chi connectivity index (χ1v) is 8.32. The third-order valence-electron chi connectivity index (χ3n) is 3.02. The molecule has 2 atom stereocenters. The molecule has 0 bridgehead atoms. The van der Waals surface area contributed by atoms with Gasteiger partial charge in [0.15, 0.2) is 0 Å². The Morgan fingerprint density at radius 2 is 2.12 bits per heavy atom. The van der Waals surface area contributed by atoms with Gasteiger partial charge in [-0.1, -0.05) is 33.6 Å². The van der Waals surface area contributed by atoms with Crippen molar-refractivity contribution < 1.29 is 0 Å². The molecule has 17 heavy (non-hydrogen) atoms. The minimum absolute atomic E-state index is 0.519. The van der Waals surface area contributed by atoms with E-state index < -0.39 is 0 Å². The van der Waals surface area contributed by atoms with Gasteiger partial charge in [-0.15, -0.1) is 11.3 Å². The standard InChI is InChI=1S/C14H24BrNS/c1-4-6-11(3)10-13(16-8-5-2)14-12(15)7-9-17-14/h7,9,11,13,16H,4-6,8,10H2,1-3H3. The number of rotatable bonds is 8. The molecule has 0 fully saturated rings. The highest BCUT2D eigenvalue weighted by Crippen LogP contribution is 2.33. The van der Waals surface area contributed by atoms with Crippen LogP contribution < -0.4 is 5.32 Å². The summed E-state index contributed by atoms with van der Waals surface area (Å²) in [7, 11) is 0. The molecule has 0 aliphatic heterocycles. The van der Waals surface area contributed by atoms with E-state index in [1.54, 1.807) is 0 Å². The zero-order valence-corrected chi connectivity index (χ0v) is 13.5. The van der Waals surface area contributed by atoms with E-state index >= 15 is 0 Å². The van der Waals surface area contributed by atoms with Crippen molar-refractivity contribution in [2.24, 2.45) is 5.92 Å². The lowest BCUT2D eigenvalue weighted by molar-refractivity contribution is 0.393. The topological polar surface area (TPSA) is 12.0 Å². The average Bonchev–Trinajstić information content (AvgIpc) is 2.71. The molecule has 98 valence electrons. The lowest BCUT2D eigenvalue weighted by atomic mass is 9.96. The minimum atomic E-state index is 0.519. The fraction of sp³-hybridized carbons (Fsp3) is 0.714. The van der Waals surface area contributed by atoms with Crippen molar-refractivity contribution in [2.45, 2.75) is 52.5 Å². The van der Waals surface area contributed by atoms with Crippen LogP contribution in [0, 0.1) is 5.92 Å². The van der Waals surface area contributed by atoms with Crippen molar-refractivity contribution in [1.29, 1.82) is 0 Å². The van der Waals surface area contributed by atoms with Gasteiger partial charge in [0.05, 0.1) is 0 Å². The van der Waals surface area contributed by atoms with E-state index in [0.717, 1.165) is 12.5 Å². The second-order valence-corrected chi connectivity index (χ2v) is 6.57. The van der Waals surface area contributed by atoms with Crippen molar-refractivity contribution in [3.05, 3.63) is 20.8 Å². The maximum atomic E-state index is 3.68. The molecule has 1 N–H and O–H groups in total. The number of hydrogen-bond acceptors (Lipinski definition) is 2. The van der Waals surface area contributed by atoms with Crippen LogP contribution in [-0.4, -0.2) is 6.54 Å². The number of halogens is 1. The van der Waals surface area contributed by atoms with Crippen LogP contribution in [0.2, 0.25) is 0 Å². The molecular formula is C14H24BrNS. The Labute approximate surface area is 118 Å². The van der Waals surface area contributed by atoms with Gasteiger partial charge in [0.2, 0.25) is 0 Å². The molecule has 0 aliphatic carbocycles. The molecule has 1 aromatic rings. The molecule has 3 heteroatoms. The van der Waals surface area contributed by atoms with Gasteiger partial charge in [0.1, 0.15) is 0 Å². The van der Waals surface area contributed by atoms with Crippen LogP contribution in [0.4, 0.5) is 0 Å². The molecule has 1 heterocycles. The Kier molecular flexibility index (Phi) is 7.40. The predicted molar refractivity (Wildman–Crippen MR) is 81.7 cm³/mol. The van der Waals surface area contributed by atoms with Crippen LogP contribution in [0.5, 0.6) is 0 Å². The second kappa shape index (κ2) is 8.28. The van der Waals surface area contributed by atoms with Crippen LogP contribution in [0.1, 0.15) is 57.4 Å². The van der Waals surface area contributed by atoms with Crippen LogP contribution >= 0.6 is 27.3 Å². The smallest absolute Gasteiger partial charge is 0.0428 e.